The van der Waals surface area contributed by atoms with E-state index in [2.05, 4.69) is 9.94 Å². The number of rotatable bonds is 2. The van der Waals surface area contributed by atoms with Crippen LogP contribution in [-0.2, 0) is 23.7 Å². The van der Waals surface area contributed by atoms with Crippen LogP contribution in [0.4, 0.5) is 13.2 Å². The summed E-state index contributed by atoms with van der Waals surface area (Å²) in [7, 11) is 1.41. The first-order valence-corrected chi connectivity index (χ1v) is 4.17. The van der Waals surface area contributed by atoms with Gasteiger partial charge in [-0.25, -0.2) is 5.90 Å². The molecule has 0 spiro atoms. The normalized spacial score (nSPS) is 13.3. The second-order valence-electron chi connectivity index (χ2n) is 3.69. The molecule has 1 rings (SSSR count). The molecule has 0 saturated heterocycles. The number of nitrogens with zero attached hydrogens (tertiary/aromatic N) is 2. The molecule has 0 saturated carbocycles. The van der Waals surface area contributed by atoms with Crippen LogP contribution in [0.25, 0.3) is 0 Å². The van der Waals surface area contributed by atoms with Crippen molar-refractivity contribution in [2.45, 2.75) is 25.6 Å². The molecule has 0 aliphatic carbocycles. The Morgan fingerprint density at radius 2 is 1.93 bits per heavy atom. The lowest BCUT2D eigenvalue weighted by molar-refractivity contribution is -0.145. The highest BCUT2D eigenvalue weighted by molar-refractivity contribution is 5.25. The molecular formula is C8H12F3N3O. The van der Waals surface area contributed by atoms with E-state index < -0.39 is 17.5 Å². The van der Waals surface area contributed by atoms with Gasteiger partial charge >= 0.3 is 6.18 Å². The lowest BCUT2D eigenvalue weighted by Gasteiger charge is -2.22. The summed E-state index contributed by atoms with van der Waals surface area (Å²) in [5, 5.41) is 3.35. The second kappa shape index (κ2) is 3.49. The summed E-state index contributed by atoms with van der Waals surface area (Å²) in [4.78, 5) is 4.52. The molecule has 7 heteroatoms. The van der Waals surface area contributed by atoms with Gasteiger partial charge in [0.25, 0.3) is 0 Å². The quantitative estimate of drug-likeness (QED) is 0.774. The second-order valence-corrected chi connectivity index (χ2v) is 3.69. The average molecular weight is 223 g/mol. The van der Waals surface area contributed by atoms with E-state index in [4.69, 9.17) is 5.90 Å². The molecule has 0 aromatic carbocycles. The smallest absolute Gasteiger partial charge is 0.294 e. The summed E-state index contributed by atoms with van der Waals surface area (Å²) in [5.74, 6) is 4.96. The predicted molar refractivity (Wildman–Crippen MR) is 46.5 cm³/mol. The largest absolute Gasteiger partial charge is 0.435 e. The number of halogens is 3. The topological polar surface area (TPSA) is 53.1 Å². The zero-order valence-electron chi connectivity index (χ0n) is 8.59. The lowest BCUT2D eigenvalue weighted by atomic mass is 9.99. The molecule has 86 valence electrons. The Bertz CT molecular complexity index is 357. The van der Waals surface area contributed by atoms with Crippen LogP contribution >= 0.6 is 0 Å². The van der Waals surface area contributed by atoms with Crippen LogP contribution in [0.5, 0.6) is 0 Å². The molecule has 1 aromatic rings. The van der Waals surface area contributed by atoms with Crippen molar-refractivity contribution in [1.29, 1.82) is 0 Å². The third-order valence-corrected chi connectivity index (χ3v) is 2.04. The maximum atomic E-state index is 12.6. The standard InChI is InChI=1S/C8H12F3N3O/c1-7(2,15-12)5-4-14(3)13-6(5)8(9,10)11/h4H,12H2,1-3H3. The molecule has 1 aromatic heterocycles. The summed E-state index contributed by atoms with van der Waals surface area (Å²) in [6, 6.07) is 0. The summed E-state index contributed by atoms with van der Waals surface area (Å²) in [6.07, 6.45) is -3.26. The molecule has 4 nitrogen and oxygen atoms in total. The van der Waals surface area contributed by atoms with E-state index in [1.807, 2.05) is 0 Å². The highest BCUT2D eigenvalue weighted by Crippen LogP contribution is 2.36. The van der Waals surface area contributed by atoms with Gasteiger partial charge < -0.3 is 0 Å². The van der Waals surface area contributed by atoms with E-state index in [0.29, 0.717) is 0 Å². The maximum Gasteiger partial charge on any atom is 0.435 e. The zero-order chi connectivity index (χ0) is 11.9. The lowest BCUT2D eigenvalue weighted by Crippen LogP contribution is -2.28. The number of hydrogen-bond donors (Lipinski definition) is 1. The number of aryl methyl sites for hydroxylation is 1. The van der Waals surface area contributed by atoms with Crippen molar-refractivity contribution < 1.29 is 18.0 Å². The summed E-state index contributed by atoms with van der Waals surface area (Å²) < 4.78 is 38.8. The maximum absolute atomic E-state index is 12.6. The van der Waals surface area contributed by atoms with Gasteiger partial charge in [0.15, 0.2) is 5.69 Å². The van der Waals surface area contributed by atoms with Gasteiger partial charge in [-0.1, -0.05) is 0 Å². The van der Waals surface area contributed by atoms with Crippen LogP contribution in [0.2, 0.25) is 0 Å². The first-order chi connectivity index (χ1) is 6.68. The van der Waals surface area contributed by atoms with Crippen molar-refractivity contribution in [3.8, 4) is 0 Å². The molecule has 0 radical (unpaired) electrons. The Labute approximate surface area is 84.8 Å². The minimum atomic E-state index is -4.51. The summed E-state index contributed by atoms with van der Waals surface area (Å²) >= 11 is 0. The van der Waals surface area contributed by atoms with Crippen molar-refractivity contribution in [1.82, 2.24) is 9.78 Å². The molecular weight excluding hydrogens is 211 g/mol. The molecule has 0 atom stereocenters. The fourth-order valence-electron chi connectivity index (χ4n) is 1.20. The minimum Gasteiger partial charge on any atom is -0.294 e. The average Bonchev–Trinajstić information content (AvgIpc) is 2.47. The van der Waals surface area contributed by atoms with Crippen molar-refractivity contribution in [2.75, 3.05) is 0 Å². The number of hydrogen-bond acceptors (Lipinski definition) is 3. The van der Waals surface area contributed by atoms with Gasteiger partial charge in [0.2, 0.25) is 0 Å². The van der Waals surface area contributed by atoms with E-state index >= 15 is 0 Å². The molecule has 0 amide bonds. The molecule has 1 heterocycles. The van der Waals surface area contributed by atoms with E-state index in [-0.39, 0.29) is 5.56 Å². The third-order valence-electron chi connectivity index (χ3n) is 2.04. The van der Waals surface area contributed by atoms with Gasteiger partial charge in [-0.3, -0.25) is 9.52 Å². The number of alkyl halides is 3. The minimum absolute atomic E-state index is 0.0833. The van der Waals surface area contributed by atoms with Crippen molar-refractivity contribution in [2.24, 2.45) is 12.9 Å². The van der Waals surface area contributed by atoms with Gasteiger partial charge in [-0.2, -0.15) is 18.3 Å². The first-order valence-electron chi connectivity index (χ1n) is 4.17. The van der Waals surface area contributed by atoms with Crippen molar-refractivity contribution in [3.63, 3.8) is 0 Å². The van der Waals surface area contributed by atoms with Crippen LogP contribution in [0.15, 0.2) is 6.20 Å². The molecule has 0 bridgehead atoms. The molecule has 15 heavy (non-hydrogen) atoms. The zero-order valence-corrected chi connectivity index (χ0v) is 8.59. The third kappa shape index (κ3) is 2.29. The molecule has 0 aliphatic rings. The fourth-order valence-corrected chi connectivity index (χ4v) is 1.20. The van der Waals surface area contributed by atoms with Crippen LogP contribution in [0.3, 0.4) is 0 Å². The van der Waals surface area contributed by atoms with Gasteiger partial charge in [-0.05, 0) is 13.8 Å². The molecule has 0 fully saturated rings. The van der Waals surface area contributed by atoms with E-state index in [9.17, 15) is 13.2 Å². The van der Waals surface area contributed by atoms with Crippen LogP contribution in [0, 0.1) is 0 Å². The van der Waals surface area contributed by atoms with Crippen LogP contribution < -0.4 is 5.90 Å². The van der Waals surface area contributed by atoms with E-state index in [1.54, 1.807) is 0 Å². The fraction of sp³-hybridized carbons (Fsp3) is 0.625. The van der Waals surface area contributed by atoms with Crippen molar-refractivity contribution in [3.05, 3.63) is 17.5 Å². The van der Waals surface area contributed by atoms with E-state index in [0.717, 1.165) is 4.68 Å². The van der Waals surface area contributed by atoms with Crippen LogP contribution in [0.1, 0.15) is 25.1 Å². The first kappa shape index (κ1) is 12.0. The summed E-state index contributed by atoms with van der Waals surface area (Å²) in [5.41, 5.74) is -2.28. The highest BCUT2D eigenvalue weighted by Gasteiger charge is 2.41. The van der Waals surface area contributed by atoms with Gasteiger partial charge in [0.05, 0.1) is 0 Å². The van der Waals surface area contributed by atoms with Gasteiger partial charge in [-0.15, -0.1) is 0 Å². The molecule has 2 N–H and O–H groups in total. The Hall–Kier alpha value is -1.08. The van der Waals surface area contributed by atoms with Crippen molar-refractivity contribution >= 4 is 0 Å². The highest BCUT2D eigenvalue weighted by atomic mass is 19.4. The Balaban J connectivity index is 3.30. The SMILES string of the molecule is Cn1cc(C(C)(C)ON)c(C(F)(F)F)n1. The Morgan fingerprint density at radius 1 is 1.40 bits per heavy atom. The monoisotopic (exact) mass is 223 g/mol. The van der Waals surface area contributed by atoms with Crippen LogP contribution in [-0.4, -0.2) is 9.78 Å². The summed E-state index contributed by atoms with van der Waals surface area (Å²) in [6.45, 7) is 2.89. The van der Waals surface area contributed by atoms with Gasteiger partial charge in [0, 0.05) is 18.8 Å². The predicted octanol–water partition coefficient (Wildman–Crippen LogP) is 1.56. The molecule has 0 unspecified atom stereocenters. The Morgan fingerprint density at radius 3 is 2.33 bits per heavy atom. The molecule has 0 aliphatic heterocycles. The Kier molecular flexibility index (Phi) is 2.79. The number of nitrogens with two attached hydrogens (primary N) is 1. The number of aromatic nitrogens is 2. The van der Waals surface area contributed by atoms with E-state index in [1.165, 1.54) is 27.1 Å². The van der Waals surface area contributed by atoms with Gasteiger partial charge in [0.1, 0.15) is 5.60 Å².